The zero-order chi connectivity index (χ0) is 10.2. The molecule has 2 heterocycles. The smallest absolute Gasteiger partial charge is 0.0206 e. The lowest BCUT2D eigenvalue weighted by atomic mass is 9.76. The lowest BCUT2D eigenvalue weighted by Gasteiger charge is -2.44. The Kier molecular flexibility index (Phi) is 3.22. The van der Waals surface area contributed by atoms with E-state index in [1.54, 1.807) is 31.6 Å². The topological polar surface area (TPSA) is 0 Å². The third kappa shape index (κ3) is 2.32. The van der Waals surface area contributed by atoms with Gasteiger partial charge in [0.25, 0.3) is 0 Å². The minimum Gasteiger partial charge on any atom is -0.104 e. The van der Waals surface area contributed by atoms with Crippen molar-refractivity contribution < 1.29 is 0 Å². The molecule has 0 amide bonds. The van der Waals surface area contributed by atoms with Gasteiger partial charge in [-0.25, -0.2) is 0 Å². The summed E-state index contributed by atoms with van der Waals surface area (Å²) in [5.74, 6) is 1.02. The van der Waals surface area contributed by atoms with E-state index >= 15 is 0 Å². The van der Waals surface area contributed by atoms with Crippen LogP contribution in [0.3, 0.4) is 0 Å². The Morgan fingerprint density at radius 1 is 1.00 bits per heavy atom. The normalized spacial score (nSPS) is 39.2. The number of hydrogen-bond acceptors (Lipinski definition) is 0. The molecule has 0 N–H and O–H groups in total. The van der Waals surface area contributed by atoms with E-state index < -0.39 is 0 Å². The molecule has 0 nitrogen and oxygen atoms in total. The Morgan fingerprint density at radius 3 is 2.50 bits per heavy atom. The SMILES string of the molecule is CC(C)(C)C1CCP2CCCCC2C1. The average molecular weight is 212 g/mol. The molecule has 3 atom stereocenters. The monoisotopic (exact) mass is 212 g/mol. The highest BCUT2D eigenvalue weighted by atomic mass is 31.1. The minimum atomic E-state index is 0.480. The van der Waals surface area contributed by atoms with Crippen LogP contribution in [0.2, 0.25) is 0 Å². The summed E-state index contributed by atoms with van der Waals surface area (Å²) in [6, 6.07) is 0. The van der Waals surface area contributed by atoms with Crippen molar-refractivity contribution >= 4 is 7.92 Å². The summed E-state index contributed by atoms with van der Waals surface area (Å²) in [4.78, 5) is 0. The van der Waals surface area contributed by atoms with E-state index in [4.69, 9.17) is 0 Å². The number of fused-ring (bicyclic) bond motifs is 1. The highest BCUT2D eigenvalue weighted by Crippen LogP contribution is 2.56. The maximum atomic E-state index is 2.44. The van der Waals surface area contributed by atoms with Crippen LogP contribution in [0.5, 0.6) is 0 Å². The Balaban J connectivity index is 1.96. The second kappa shape index (κ2) is 4.12. The third-order valence-corrected chi connectivity index (χ3v) is 7.52. The number of hydrogen-bond donors (Lipinski definition) is 0. The first-order valence-electron chi connectivity index (χ1n) is 6.31. The Labute approximate surface area is 90.6 Å². The maximum Gasteiger partial charge on any atom is -0.0206 e. The second-order valence-corrected chi connectivity index (χ2v) is 9.08. The molecular formula is C13H25P. The highest BCUT2D eigenvalue weighted by molar-refractivity contribution is 7.58. The molecule has 0 aromatic carbocycles. The fourth-order valence-electron chi connectivity index (χ4n) is 3.18. The quantitative estimate of drug-likeness (QED) is 0.519. The van der Waals surface area contributed by atoms with E-state index in [1.807, 2.05) is 0 Å². The first kappa shape index (κ1) is 10.9. The molecule has 2 aliphatic heterocycles. The molecule has 0 aliphatic carbocycles. The van der Waals surface area contributed by atoms with Crippen LogP contribution >= 0.6 is 7.92 Å². The third-order valence-electron chi connectivity index (χ3n) is 4.30. The molecule has 3 unspecified atom stereocenters. The van der Waals surface area contributed by atoms with Crippen LogP contribution in [0.15, 0.2) is 0 Å². The first-order valence-corrected chi connectivity index (χ1v) is 8.09. The Morgan fingerprint density at radius 2 is 1.79 bits per heavy atom. The molecule has 0 aromatic heterocycles. The lowest BCUT2D eigenvalue weighted by molar-refractivity contribution is 0.208. The van der Waals surface area contributed by atoms with Crippen molar-refractivity contribution in [3.63, 3.8) is 0 Å². The fourth-order valence-corrected chi connectivity index (χ4v) is 6.50. The molecule has 0 radical (unpaired) electrons. The molecule has 0 spiro atoms. The van der Waals surface area contributed by atoms with Gasteiger partial charge in [0.05, 0.1) is 0 Å². The molecule has 2 aliphatic rings. The highest BCUT2D eigenvalue weighted by Gasteiger charge is 2.36. The average Bonchev–Trinajstić information content (AvgIpc) is 2.16. The van der Waals surface area contributed by atoms with Crippen LogP contribution in [0, 0.1) is 11.3 Å². The molecule has 0 saturated carbocycles. The molecule has 0 aromatic rings. The Bertz CT molecular complexity index is 192. The lowest BCUT2D eigenvalue weighted by Crippen LogP contribution is -2.31. The van der Waals surface area contributed by atoms with Crippen molar-refractivity contribution in [3.05, 3.63) is 0 Å². The van der Waals surface area contributed by atoms with E-state index in [0.29, 0.717) is 13.3 Å². The van der Waals surface area contributed by atoms with E-state index in [0.717, 1.165) is 11.6 Å². The predicted molar refractivity (Wildman–Crippen MR) is 66.5 cm³/mol. The van der Waals surface area contributed by atoms with Gasteiger partial charge < -0.3 is 0 Å². The fraction of sp³-hybridized carbons (Fsp3) is 1.00. The van der Waals surface area contributed by atoms with Crippen LogP contribution < -0.4 is 0 Å². The second-order valence-electron chi connectivity index (χ2n) is 6.27. The molecule has 14 heavy (non-hydrogen) atoms. The van der Waals surface area contributed by atoms with Gasteiger partial charge in [-0.05, 0) is 55.0 Å². The molecule has 1 heteroatoms. The summed E-state index contributed by atoms with van der Waals surface area (Å²) in [5.41, 5.74) is 1.73. The van der Waals surface area contributed by atoms with E-state index in [-0.39, 0.29) is 0 Å². The van der Waals surface area contributed by atoms with Crippen LogP contribution in [0.4, 0.5) is 0 Å². The molecule has 82 valence electrons. The Hall–Kier alpha value is 0.430. The summed E-state index contributed by atoms with van der Waals surface area (Å²) in [7, 11) is 0.480. The summed E-state index contributed by atoms with van der Waals surface area (Å²) < 4.78 is 0. The first-order chi connectivity index (χ1) is 6.57. The van der Waals surface area contributed by atoms with Gasteiger partial charge in [0.2, 0.25) is 0 Å². The van der Waals surface area contributed by atoms with Crippen molar-refractivity contribution in [1.82, 2.24) is 0 Å². The zero-order valence-corrected chi connectivity index (χ0v) is 10.9. The van der Waals surface area contributed by atoms with E-state index in [2.05, 4.69) is 20.8 Å². The molecule has 0 bridgehead atoms. The molecule has 2 saturated heterocycles. The van der Waals surface area contributed by atoms with Gasteiger partial charge in [0.1, 0.15) is 0 Å². The van der Waals surface area contributed by atoms with Crippen molar-refractivity contribution in [2.45, 2.75) is 58.5 Å². The van der Waals surface area contributed by atoms with Crippen molar-refractivity contribution in [3.8, 4) is 0 Å². The van der Waals surface area contributed by atoms with Gasteiger partial charge >= 0.3 is 0 Å². The summed E-state index contributed by atoms with van der Waals surface area (Å²) in [6.45, 7) is 7.32. The van der Waals surface area contributed by atoms with Gasteiger partial charge in [0, 0.05) is 0 Å². The summed E-state index contributed by atoms with van der Waals surface area (Å²) in [5, 5.41) is 0. The van der Waals surface area contributed by atoms with Crippen LogP contribution in [0.25, 0.3) is 0 Å². The van der Waals surface area contributed by atoms with Crippen LogP contribution in [0.1, 0.15) is 52.9 Å². The minimum absolute atomic E-state index is 0.480. The van der Waals surface area contributed by atoms with Gasteiger partial charge in [-0.2, -0.15) is 0 Å². The van der Waals surface area contributed by atoms with Gasteiger partial charge in [-0.3, -0.25) is 0 Å². The predicted octanol–water partition coefficient (Wildman–Crippen LogP) is 4.48. The zero-order valence-electron chi connectivity index (χ0n) is 10.1. The number of rotatable bonds is 0. The van der Waals surface area contributed by atoms with Crippen molar-refractivity contribution in [1.29, 1.82) is 0 Å². The van der Waals surface area contributed by atoms with Crippen molar-refractivity contribution in [2.24, 2.45) is 11.3 Å². The standard InChI is InChI=1S/C13H25P/c1-13(2,3)11-7-9-14-8-5-4-6-12(14)10-11/h11-12H,4-10H2,1-3H3. The van der Waals surface area contributed by atoms with Gasteiger partial charge in [-0.1, -0.05) is 27.2 Å². The van der Waals surface area contributed by atoms with Crippen LogP contribution in [-0.4, -0.2) is 18.0 Å². The van der Waals surface area contributed by atoms with Crippen molar-refractivity contribution in [2.75, 3.05) is 12.3 Å². The van der Waals surface area contributed by atoms with Gasteiger partial charge in [0.15, 0.2) is 0 Å². The summed E-state index contributed by atoms with van der Waals surface area (Å²) >= 11 is 0. The molecule has 2 fully saturated rings. The summed E-state index contributed by atoms with van der Waals surface area (Å²) in [6.07, 6.45) is 10.9. The van der Waals surface area contributed by atoms with Gasteiger partial charge in [-0.15, -0.1) is 7.92 Å². The molecular weight excluding hydrogens is 187 g/mol. The van der Waals surface area contributed by atoms with E-state index in [9.17, 15) is 0 Å². The van der Waals surface area contributed by atoms with E-state index in [1.165, 1.54) is 12.8 Å². The van der Waals surface area contributed by atoms with Crippen LogP contribution in [-0.2, 0) is 0 Å². The maximum absolute atomic E-state index is 2.44. The molecule has 2 rings (SSSR count). The largest absolute Gasteiger partial charge is 0.104 e.